The first-order valence-corrected chi connectivity index (χ1v) is 9.34. The second-order valence-electron chi connectivity index (χ2n) is 6.87. The van der Waals surface area contributed by atoms with Crippen molar-refractivity contribution in [1.82, 2.24) is 15.5 Å². The van der Waals surface area contributed by atoms with Crippen molar-refractivity contribution in [2.24, 2.45) is 10.4 Å². The SMILES string of the molecule is CCNC(=NCC1(CCOC)CCCC1)NCCN(C)CCOC.I. The monoisotopic (exact) mass is 470 g/mol. The van der Waals surface area contributed by atoms with Gasteiger partial charge in [0.25, 0.3) is 0 Å². The van der Waals surface area contributed by atoms with Crippen LogP contribution in [0.15, 0.2) is 4.99 Å². The van der Waals surface area contributed by atoms with E-state index in [9.17, 15) is 0 Å². The van der Waals surface area contributed by atoms with Crippen molar-refractivity contribution in [1.29, 1.82) is 0 Å². The summed E-state index contributed by atoms with van der Waals surface area (Å²) in [6.07, 6.45) is 6.32. The van der Waals surface area contributed by atoms with E-state index in [1.54, 1.807) is 14.2 Å². The highest BCUT2D eigenvalue weighted by Gasteiger charge is 2.33. The molecule has 7 heteroatoms. The molecule has 0 bridgehead atoms. The standard InChI is InChI=1S/C18H38N4O2.HI/c1-5-19-17(20-11-12-22(2)13-15-24-4)21-16-18(10-14-23-3)8-6-7-9-18;/h5-16H2,1-4H3,(H2,19,20,21);1H. The molecule has 0 spiro atoms. The molecule has 0 unspecified atom stereocenters. The van der Waals surface area contributed by atoms with Crippen molar-refractivity contribution in [3.05, 3.63) is 0 Å². The summed E-state index contributed by atoms with van der Waals surface area (Å²) < 4.78 is 10.4. The molecule has 0 atom stereocenters. The van der Waals surface area contributed by atoms with Gasteiger partial charge in [-0.2, -0.15) is 0 Å². The highest BCUT2D eigenvalue weighted by atomic mass is 127. The van der Waals surface area contributed by atoms with E-state index in [1.807, 2.05) is 0 Å². The van der Waals surface area contributed by atoms with E-state index in [0.29, 0.717) is 5.41 Å². The summed E-state index contributed by atoms with van der Waals surface area (Å²) >= 11 is 0. The van der Waals surface area contributed by atoms with Gasteiger partial charge < -0.3 is 25.0 Å². The molecule has 1 rings (SSSR count). The highest BCUT2D eigenvalue weighted by molar-refractivity contribution is 14.0. The van der Waals surface area contributed by atoms with Gasteiger partial charge in [-0.05, 0) is 38.6 Å². The van der Waals surface area contributed by atoms with Gasteiger partial charge in [0.05, 0.1) is 6.61 Å². The average molecular weight is 470 g/mol. The van der Waals surface area contributed by atoms with E-state index in [4.69, 9.17) is 14.5 Å². The lowest BCUT2D eigenvalue weighted by atomic mass is 9.83. The van der Waals surface area contributed by atoms with Crippen LogP contribution in [-0.4, -0.2) is 78.1 Å². The zero-order chi connectivity index (χ0) is 17.7. The van der Waals surface area contributed by atoms with Crippen molar-refractivity contribution in [2.45, 2.75) is 39.0 Å². The lowest BCUT2D eigenvalue weighted by Gasteiger charge is -2.27. The molecule has 0 radical (unpaired) electrons. The van der Waals surface area contributed by atoms with E-state index < -0.39 is 0 Å². The predicted octanol–water partition coefficient (Wildman–Crippen LogP) is 2.33. The number of ether oxygens (including phenoxy) is 2. The summed E-state index contributed by atoms with van der Waals surface area (Å²) in [7, 11) is 5.64. The van der Waals surface area contributed by atoms with Crippen LogP contribution in [0.5, 0.6) is 0 Å². The Morgan fingerprint density at radius 2 is 1.76 bits per heavy atom. The van der Waals surface area contributed by atoms with Gasteiger partial charge in [-0.1, -0.05) is 12.8 Å². The van der Waals surface area contributed by atoms with Gasteiger partial charge >= 0.3 is 0 Å². The Balaban J connectivity index is 0.00000576. The highest BCUT2D eigenvalue weighted by Crippen LogP contribution is 2.41. The van der Waals surface area contributed by atoms with Crippen molar-refractivity contribution in [3.63, 3.8) is 0 Å². The maximum Gasteiger partial charge on any atom is 0.191 e. The first-order valence-electron chi connectivity index (χ1n) is 9.34. The maximum atomic E-state index is 5.31. The Kier molecular flexibility index (Phi) is 14.9. The van der Waals surface area contributed by atoms with Gasteiger partial charge in [0, 0.05) is 53.6 Å². The summed E-state index contributed by atoms with van der Waals surface area (Å²) in [4.78, 5) is 7.14. The van der Waals surface area contributed by atoms with Gasteiger partial charge in [-0.3, -0.25) is 4.99 Å². The van der Waals surface area contributed by atoms with E-state index in [2.05, 4.69) is 29.5 Å². The molecule has 0 aromatic heterocycles. The van der Waals surface area contributed by atoms with Crippen LogP contribution in [0, 0.1) is 5.41 Å². The topological polar surface area (TPSA) is 58.1 Å². The molecule has 1 aliphatic carbocycles. The van der Waals surface area contributed by atoms with Crippen LogP contribution in [0.2, 0.25) is 0 Å². The molecular formula is C18H39IN4O2. The predicted molar refractivity (Wildman–Crippen MR) is 116 cm³/mol. The second kappa shape index (κ2) is 15.0. The number of hydrogen-bond acceptors (Lipinski definition) is 4. The van der Waals surface area contributed by atoms with Crippen LogP contribution >= 0.6 is 24.0 Å². The summed E-state index contributed by atoms with van der Waals surface area (Å²) in [6.45, 7) is 8.31. The largest absolute Gasteiger partial charge is 0.385 e. The molecule has 1 aliphatic rings. The molecule has 6 nitrogen and oxygen atoms in total. The lowest BCUT2D eigenvalue weighted by Crippen LogP contribution is -2.42. The fourth-order valence-corrected chi connectivity index (χ4v) is 3.24. The van der Waals surface area contributed by atoms with Crippen LogP contribution in [0.1, 0.15) is 39.0 Å². The molecule has 2 N–H and O–H groups in total. The molecule has 1 saturated carbocycles. The minimum absolute atomic E-state index is 0. The van der Waals surface area contributed by atoms with Crippen molar-refractivity contribution in [2.75, 3.05) is 67.2 Å². The fraction of sp³-hybridized carbons (Fsp3) is 0.944. The zero-order valence-corrected chi connectivity index (χ0v) is 18.9. The number of likely N-dealkylation sites (N-methyl/N-ethyl adjacent to an activating group) is 1. The molecule has 150 valence electrons. The normalized spacial score (nSPS) is 16.8. The van der Waals surface area contributed by atoms with Gasteiger partial charge in [0.2, 0.25) is 0 Å². The molecule has 0 aliphatic heterocycles. The molecule has 0 aromatic rings. The van der Waals surface area contributed by atoms with E-state index in [1.165, 1.54) is 25.7 Å². The molecule has 0 amide bonds. The minimum atomic E-state index is 0. The van der Waals surface area contributed by atoms with Gasteiger partial charge in [0.15, 0.2) is 5.96 Å². The third kappa shape index (κ3) is 10.6. The summed E-state index contributed by atoms with van der Waals surface area (Å²) in [5.74, 6) is 0.932. The van der Waals surface area contributed by atoms with E-state index in [0.717, 1.165) is 58.3 Å². The number of rotatable bonds is 12. The summed E-state index contributed by atoms with van der Waals surface area (Å²) in [5.41, 5.74) is 0.341. The van der Waals surface area contributed by atoms with E-state index >= 15 is 0 Å². The smallest absolute Gasteiger partial charge is 0.191 e. The van der Waals surface area contributed by atoms with Crippen LogP contribution in [-0.2, 0) is 9.47 Å². The molecule has 0 heterocycles. The number of nitrogens with one attached hydrogen (secondary N) is 2. The average Bonchev–Trinajstić information content (AvgIpc) is 3.05. The number of nitrogens with zero attached hydrogens (tertiary/aromatic N) is 2. The first-order chi connectivity index (χ1) is 11.7. The van der Waals surface area contributed by atoms with Crippen molar-refractivity contribution >= 4 is 29.9 Å². The Labute approximate surface area is 171 Å². The third-order valence-corrected chi connectivity index (χ3v) is 4.88. The van der Waals surface area contributed by atoms with Crippen LogP contribution in [0.25, 0.3) is 0 Å². The number of aliphatic imine (C=N–C) groups is 1. The third-order valence-electron chi connectivity index (χ3n) is 4.88. The van der Waals surface area contributed by atoms with Crippen molar-refractivity contribution < 1.29 is 9.47 Å². The van der Waals surface area contributed by atoms with Gasteiger partial charge in [-0.25, -0.2) is 0 Å². The van der Waals surface area contributed by atoms with Crippen molar-refractivity contribution in [3.8, 4) is 0 Å². The quantitative estimate of drug-likeness (QED) is 0.261. The summed E-state index contributed by atoms with van der Waals surface area (Å²) in [6, 6.07) is 0. The number of hydrogen-bond donors (Lipinski definition) is 2. The first kappa shape index (κ1) is 24.9. The molecular weight excluding hydrogens is 431 g/mol. The van der Waals surface area contributed by atoms with E-state index in [-0.39, 0.29) is 24.0 Å². The number of halogens is 1. The van der Waals surface area contributed by atoms with Crippen LogP contribution in [0.4, 0.5) is 0 Å². The molecule has 1 fully saturated rings. The number of methoxy groups -OCH3 is 2. The molecule has 25 heavy (non-hydrogen) atoms. The number of guanidine groups is 1. The van der Waals surface area contributed by atoms with Gasteiger partial charge in [0.1, 0.15) is 0 Å². The van der Waals surface area contributed by atoms with Gasteiger partial charge in [-0.15, -0.1) is 24.0 Å². The maximum absolute atomic E-state index is 5.31. The Morgan fingerprint density at radius 1 is 1.08 bits per heavy atom. The minimum Gasteiger partial charge on any atom is -0.385 e. The summed E-state index contributed by atoms with van der Waals surface area (Å²) in [5, 5.41) is 6.81. The van der Waals surface area contributed by atoms with Crippen LogP contribution < -0.4 is 10.6 Å². The molecule has 0 saturated heterocycles. The zero-order valence-electron chi connectivity index (χ0n) is 16.6. The van der Waals surface area contributed by atoms with Crippen LogP contribution in [0.3, 0.4) is 0 Å². The Hall–Kier alpha value is -0.120. The molecule has 0 aromatic carbocycles. The Morgan fingerprint density at radius 3 is 2.36 bits per heavy atom. The second-order valence-corrected chi connectivity index (χ2v) is 6.87. The fourth-order valence-electron chi connectivity index (χ4n) is 3.24. The lowest BCUT2D eigenvalue weighted by molar-refractivity contribution is 0.141. The Bertz CT molecular complexity index is 350.